The summed E-state index contributed by atoms with van der Waals surface area (Å²) in [5.74, 6) is 0. The van der Waals surface area contributed by atoms with E-state index in [1.54, 1.807) is 0 Å². The molecule has 5 nitrogen and oxygen atoms in total. The van der Waals surface area contributed by atoms with Gasteiger partial charge in [0.05, 0.1) is 0 Å². The fraction of sp³-hybridized carbons (Fsp3) is 0.929. The fourth-order valence-electron chi connectivity index (χ4n) is 2.43. The highest BCUT2D eigenvalue weighted by Gasteiger charge is 2.18. The Morgan fingerprint density at radius 3 is 2.74 bits per heavy atom. The van der Waals surface area contributed by atoms with Crippen LogP contribution in [0, 0.1) is 0 Å². The summed E-state index contributed by atoms with van der Waals surface area (Å²) in [7, 11) is 0. The zero-order chi connectivity index (χ0) is 14.1. The predicted molar refractivity (Wildman–Crippen MR) is 79.5 cm³/mol. The summed E-state index contributed by atoms with van der Waals surface area (Å²) < 4.78 is 0. The Hall–Kier alpha value is -0.810. The normalized spacial score (nSPS) is 17.1. The van der Waals surface area contributed by atoms with E-state index in [-0.39, 0.29) is 6.03 Å². The van der Waals surface area contributed by atoms with E-state index in [1.165, 1.54) is 19.4 Å². The first-order valence-electron chi connectivity index (χ1n) is 7.65. The fourth-order valence-corrected chi connectivity index (χ4v) is 2.43. The summed E-state index contributed by atoms with van der Waals surface area (Å²) in [6.45, 7) is 13.5. The average Bonchev–Trinajstić information content (AvgIpc) is 2.80. The molecule has 0 spiro atoms. The number of rotatable bonds is 10. The minimum Gasteiger partial charge on any atom is -0.336 e. The van der Waals surface area contributed by atoms with E-state index in [1.807, 2.05) is 4.90 Å². The summed E-state index contributed by atoms with van der Waals surface area (Å²) in [5.41, 5.74) is 0. The Balaban J connectivity index is 2.01. The van der Waals surface area contributed by atoms with Crippen LogP contribution in [0.1, 0.15) is 33.6 Å². The van der Waals surface area contributed by atoms with Crippen LogP contribution in [0.2, 0.25) is 0 Å². The Kier molecular flexibility index (Phi) is 7.82. The van der Waals surface area contributed by atoms with E-state index < -0.39 is 0 Å². The van der Waals surface area contributed by atoms with Crippen molar-refractivity contribution in [3.8, 4) is 0 Å². The van der Waals surface area contributed by atoms with E-state index in [4.69, 9.17) is 0 Å². The predicted octanol–water partition coefficient (Wildman–Crippen LogP) is 1.11. The maximum absolute atomic E-state index is 11.3. The highest BCUT2D eigenvalue weighted by atomic mass is 16.2. The smallest absolute Gasteiger partial charge is 0.317 e. The second kappa shape index (κ2) is 9.15. The summed E-state index contributed by atoms with van der Waals surface area (Å²) in [6, 6.07) is 0.609. The summed E-state index contributed by atoms with van der Waals surface area (Å²) >= 11 is 0. The van der Waals surface area contributed by atoms with Crippen molar-refractivity contribution in [3.63, 3.8) is 0 Å². The third-order valence-corrected chi connectivity index (χ3v) is 3.83. The van der Waals surface area contributed by atoms with Gasteiger partial charge in [-0.3, -0.25) is 0 Å². The topological polar surface area (TPSA) is 47.6 Å². The Morgan fingerprint density at radius 2 is 2.16 bits per heavy atom. The Bertz CT molecular complexity index is 256. The van der Waals surface area contributed by atoms with Crippen LogP contribution in [0.15, 0.2) is 0 Å². The van der Waals surface area contributed by atoms with E-state index in [2.05, 4.69) is 36.3 Å². The number of urea groups is 1. The lowest BCUT2D eigenvalue weighted by Crippen LogP contribution is -2.37. The van der Waals surface area contributed by atoms with Crippen molar-refractivity contribution in [1.29, 1.82) is 0 Å². The molecule has 1 unspecified atom stereocenters. The summed E-state index contributed by atoms with van der Waals surface area (Å²) in [5, 5.41) is 6.32. The second-order valence-electron chi connectivity index (χ2n) is 5.24. The van der Waals surface area contributed by atoms with Gasteiger partial charge in [-0.2, -0.15) is 0 Å². The van der Waals surface area contributed by atoms with E-state index >= 15 is 0 Å². The van der Waals surface area contributed by atoms with E-state index in [9.17, 15) is 4.79 Å². The van der Waals surface area contributed by atoms with Crippen molar-refractivity contribution < 1.29 is 4.79 Å². The first-order valence-corrected chi connectivity index (χ1v) is 7.65. The van der Waals surface area contributed by atoms with Crippen LogP contribution in [0.4, 0.5) is 4.79 Å². The lowest BCUT2D eigenvalue weighted by Gasteiger charge is -2.20. The van der Waals surface area contributed by atoms with Crippen LogP contribution in [0.25, 0.3) is 0 Å². The molecule has 0 aliphatic carbocycles. The van der Waals surface area contributed by atoms with E-state index in [0.717, 1.165) is 39.3 Å². The Morgan fingerprint density at radius 1 is 1.42 bits per heavy atom. The molecule has 112 valence electrons. The van der Waals surface area contributed by atoms with Crippen LogP contribution < -0.4 is 10.6 Å². The van der Waals surface area contributed by atoms with Crippen molar-refractivity contribution in [2.75, 3.05) is 45.8 Å². The zero-order valence-corrected chi connectivity index (χ0v) is 12.7. The van der Waals surface area contributed by atoms with Gasteiger partial charge in [-0.05, 0) is 39.4 Å². The number of nitrogens with zero attached hydrogens (tertiary/aromatic N) is 2. The first kappa shape index (κ1) is 16.2. The molecule has 1 heterocycles. The molecule has 1 aliphatic rings. The highest BCUT2D eigenvalue weighted by molar-refractivity contribution is 5.76. The molecule has 1 rings (SSSR count). The highest BCUT2D eigenvalue weighted by Crippen LogP contribution is 2.00. The number of amides is 2. The van der Waals surface area contributed by atoms with Gasteiger partial charge in [0.25, 0.3) is 0 Å². The molecule has 0 aromatic heterocycles. The lowest BCUT2D eigenvalue weighted by molar-refractivity contribution is 0.216. The quantitative estimate of drug-likeness (QED) is 0.625. The lowest BCUT2D eigenvalue weighted by atomic mass is 10.1. The molecular weight excluding hydrogens is 240 g/mol. The van der Waals surface area contributed by atoms with Crippen molar-refractivity contribution in [1.82, 2.24) is 20.4 Å². The first-order chi connectivity index (χ1) is 9.17. The average molecular weight is 270 g/mol. The Labute approximate surface area is 117 Å². The van der Waals surface area contributed by atoms with Gasteiger partial charge in [-0.1, -0.05) is 13.8 Å². The van der Waals surface area contributed by atoms with Crippen molar-refractivity contribution in [2.24, 2.45) is 0 Å². The van der Waals surface area contributed by atoms with Crippen LogP contribution in [-0.4, -0.2) is 67.7 Å². The third kappa shape index (κ3) is 6.25. The minimum atomic E-state index is 0.0796. The number of nitrogens with one attached hydrogen (secondary N) is 2. The monoisotopic (exact) mass is 270 g/mol. The maximum atomic E-state index is 11.3. The van der Waals surface area contributed by atoms with Crippen LogP contribution >= 0.6 is 0 Å². The summed E-state index contributed by atoms with van der Waals surface area (Å²) in [4.78, 5) is 15.7. The zero-order valence-electron chi connectivity index (χ0n) is 12.7. The molecule has 0 saturated carbocycles. The molecule has 1 saturated heterocycles. The van der Waals surface area contributed by atoms with Crippen LogP contribution in [0.5, 0.6) is 0 Å². The van der Waals surface area contributed by atoms with Crippen molar-refractivity contribution in [2.45, 2.75) is 39.7 Å². The van der Waals surface area contributed by atoms with E-state index in [0.29, 0.717) is 6.04 Å². The van der Waals surface area contributed by atoms with Gasteiger partial charge in [0.1, 0.15) is 0 Å². The number of carbonyl (C=O) groups is 1. The molecule has 2 N–H and O–H groups in total. The molecule has 2 amide bonds. The number of hydrogen-bond acceptors (Lipinski definition) is 3. The molecule has 0 aromatic carbocycles. The van der Waals surface area contributed by atoms with Crippen molar-refractivity contribution in [3.05, 3.63) is 0 Å². The van der Waals surface area contributed by atoms with Gasteiger partial charge in [0.2, 0.25) is 0 Å². The van der Waals surface area contributed by atoms with Crippen molar-refractivity contribution >= 4 is 6.03 Å². The second-order valence-corrected chi connectivity index (χ2v) is 5.24. The van der Waals surface area contributed by atoms with Gasteiger partial charge in [0.15, 0.2) is 0 Å². The van der Waals surface area contributed by atoms with Gasteiger partial charge in [-0.15, -0.1) is 0 Å². The molecule has 0 radical (unpaired) electrons. The van der Waals surface area contributed by atoms with Crippen LogP contribution in [0.3, 0.4) is 0 Å². The number of hydrogen-bond donors (Lipinski definition) is 2. The molecule has 0 aromatic rings. The molecular formula is C14H30N4O. The molecule has 1 atom stereocenters. The summed E-state index contributed by atoms with van der Waals surface area (Å²) in [6.07, 6.45) is 2.43. The maximum Gasteiger partial charge on any atom is 0.317 e. The van der Waals surface area contributed by atoms with Gasteiger partial charge in [0, 0.05) is 32.2 Å². The molecule has 1 fully saturated rings. The largest absolute Gasteiger partial charge is 0.336 e. The van der Waals surface area contributed by atoms with Gasteiger partial charge >= 0.3 is 6.03 Å². The molecule has 1 aliphatic heterocycles. The number of carbonyl (C=O) groups excluding carboxylic acids is 1. The third-order valence-electron chi connectivity index (χ3n) is 3.83. The van der Waals surface area contributed by atoms with Crippen LogP contribution in [-0.2, 0) is 0 Å². The molecule has 5 heteroatoms. The SMILES string of the molecule is CCN(CC)CCCC(C)NCCN1CCNC1=O. The molecule has 19 heavy (non-hydrogen) atoms. The van der Waals surface area contributed by atoms with Gasteiger partial charge in [-0.25, -0.2) is 4.79 Å². The van der Waals surface area contributed by atoms with Gasteiger partial charge < -0.3 is 20.4 Å². The standard InChI is InChI=1S/C14H30N4O/c1-4-17(5-2)10-6-7-13(3)15-8-11-18-12-9-16-14(18)19/h13,15H,4-12H2,1-3H3,(H,16,19). The molecule has 0 bridgehead atoms. The minimum absolute atomic E-state index is 0.0796.